The zero-order chi connectivity index (χ0) is 19.4. The minimum atomic E-state index is -0.373. The molecule has 0 atom stereocenters. The molecule has 27 heavy (non-hydrogen) atoms. The third-order valence-corrected chi connectivity index (χ3v) is 4.23. The molecule has 0 aliphatic heterocycles. The first kappa shape index (κ1) is 19.0. The van der Waals surface area contributed by atoms with E-state index in [1.165, 1.54) is 6.07 Å². The van der Waals surface area contributed by atoms with E-state index in [-0.39, 0.29) is 23.4 Å². The molecule has 3 rings (SSSR count). The van der Waals surface area contributed by atoms with E-state index in [2.05, 4.69) is 15.5 Å². The Hall–Kier alpha value is -2.77. The highest BCUT2D eigenvalue weighted by molar-refractivity contribution is 6.36. The number of ether oxygens (including phenoxy) is 2. The van der Waals surface area contributed by atoms with E-state index in [0.29, 0.717) is 33.5 Å². The number of nitrogens with one attached hydrogen (secondary N) is 1. The predicted octanol–water partition coefficient (Wildman–Crippen LogP) is 3.99. The van der Waals surface area contributed by atoms with Gasteiger partial charge in [-0.25, -0.2) is 0 Å². The summed E-state index contributed by atoms with van der Waals surface area (Å²) in [5.41, 5.74) is 0.996. The Labute approximate surface area is 165 Å². The maximum absolute atomic E-state index is 12.2. The van der Waals surface area contributed by atoms with E-state index in [0.717, 1.165) is 0 Å². The van der Waals surface area contributed by atoms with Crippen LogP contribution in [0.4, 0.5) is 0 Å². The summed E-state index contributed by atoms with van der Waals surface area (Å²) in [6.07, 6.45) is 0. The van der Waals surface area contributed by atoms with Gasteiger partial charge in [0, 0.05) is 10.6 Å². The monoisotopic (exact) mass is 407 g/mol. The number of aromatic nitrogens is 2. The molecular formula is C18H15Cl2N3O4. The van der Waals surface area contributed by atoms with Gasteiger partial charge in [-0.3, -0.25) is 4.79 Å². The maximum atomic E-state index is 12.2. The molecule has 0 bridgehead atoms. The molecule has 1 amide bonds. The van der Waals surface area contributed by atoms with Gasteiger partial charge in [-0.1, -0.05) is 28.4 Å². The van der Waals surface area contributed by atoms with Crippen molar-refractivity contribution in [1.29, 1.82) is 0 Å². The second-order valence-corrected chi connectivity index (χ2v) is 6.23. The molecule has 0 unspecified atom stereocenters. The Bertz CT molecular complexity index is 975. The summed E-state index contributed by atoms with van der Waals surface area (Å²) in [7, 11) is 3.10. The van der Waals surface area contributed by atoms with Gasteiger partial charge in [-0.2, -0.15) is 4.98 Å². The van der Waals surface area contributed by atoms with E-state index in [4.69, 9.17) is 37.2 Å². The van der Waals surface area contributed by atoms with Crippen LogP contribution in [-0.4, -0.2) is 30.3 Å². The fourth-order valence-corrected chi connectivity index (χ4v) is 2.84. The smallest absolute Gasteiger partial charge is 0.253 e. The van der Waals surface area contributed by atoms with Crippen LogP contribution in [0.25, 0.3) is 11.4 Å². The standard InChI is InChI=1S/C18H15Cl2N3O4/c1-25-14-6-3-10(7-15(14)26-2)17-22-16(27-23-17)9-21-18(24)12-5-4-11(19)8-13(12)20/h3-8H,9H2,1-2H3,(H,21,24). The van der Waals surface area contributed by atoms with E-state index in [9.17, 15) is 4.79 Å². The minimum Gasteiger partial charge on any atom is -0.493 e. The number of rotatable bonds is 6. The Morgan fingerprint density at radius 1 is 1.11 bits per heavy atom. The quantitative estimate of drug-likeness (QED) is 0.664. The molecule has 0 saturated carbocycles. The van der Waals surface area contributed by atoms with Crippen molar-refractivity contribution in [2.75, 3.05) is 14.2 Å². The van der Waals surface area contributed by atoms with Crippen molar-refractivity contribution in [3.63, 3.8) is 0 Å². The fraction of sp³-hybridized carbons (Fsp3) is 0.167. The minimum absolute atomic E-state index is 0.0536. The molecule has 0 radical (unpaired) electrons. The van der Waals surface area contributed by atoms with Crippen molar-refractivity contribution in [1.82, 2.24) is 15.5 Å². The van der Waals surface area contributed by atoms with Crippen LogP contribution in [0.1, 0.15) is 16.2 Å². The topological polar surface area (TPSA) is 86.5 Å². The molecule has 0 fully saturated rings. The van der Waals surface area contributed by atoms with E-state index < -0.39 is 0 Å². The molecule has 9 heteroatoms. The zero-order valence-corrected chi connectivity index (χ0v) is 16.0. The van der Waals surface area contributed by atoms with Crippen LogP contribution >= 0.6 is 23.2 Å². The summed E-state index contributed by atoms with van der Waals surface area (Å²) < 4.78 is 15.6. The lowest BCUT2D eigenvalue weighted by atomic mass is 10.2. The van der Waals surface area contributed by atoms with Gasteiger partial charge in [-0.15, -0.1) is 0 Å². The largest absolute Gasteiger partial charge is 0.493 e. The lowest BCUT2D eigenvalue weighted by Crippen LogP contribution is -2.23. The lowest BCUT2D eigenvalue weighted by molar-refractivity contribution is 0.0946. The third-order valence-electron chi connectivity index (χ3n) is 3.69. The van der Waals surface area contributed by atoms with Crippen LogP contribution in [-0.2, 0) is 6.54 Å². The van der Waals surface area contributed by atoms with Crippen molar-refractivity contribution in [3.05, 3.63) is 57.9 Å². The first-order valence-corrected chi connectivity index (χ1v) is 8.55. The molecular weight excluding hydrogens is 393 g/mol. The van der Waals surface area contributed by atoms with Crippen LogP contribution in [0.5, 0.6) is 11.5 Å². The molecule has 7 nitrogen and oxygen atoms in total. The molecule has 1 aromatic heterocycles. The molecule has 140 valence electrons. The summed E-state index contributed by atoms with van der Waals surface area (Å²) in [6, 6.07) is 9.89. The second kappa shape index (κ2) is 8.28. The number of hydrogen-bond acceptors (Lipinski definition) is 6. The molecule has 0 spiro atoms. The maximum Gasteiger partial charge on any atom is 0.253 e. The molecule has 0 aliphatic rings. The summed E-state index contributed by atoms with van der Waals surface area (Å²) in [4.78, 5) is 16.5. The van der Waals surface area contributed by atoms with Crippen molar-refractivity contribution < 1.29 is 18.8 Å². The van der Waals surface area contributed by atoms with Gasteiger partial charge in [0.1, 0.15) is 0 Å². The molecule has 2 aromatic carbocycles. The van der Waals surface area contributed by atoms with Crippen LogP contribution < -0.4 is 14.8 Å². The summed E-state index contributed by atoms with van der Waals surface area (Å²) in [6.45, 7) is 0.0536. The third kappa shape index (κ3) is 4.32. The summed E-state index contributed by atoms with van der Waals surface area (Å²) in [5, 5.41) is 7.31. The van der Waals surface area contributed by atoms with Crippen molar-refractivity contribution >= 4 is 29.1 Å². The molecule has 1 heterocycles. The van der Waals surface area contributed by atoms with Gasteiger partial charge in [-0.05, 0) is 36.4 Å². The number of halogens is 2. The highest BCUT2D eigenvalue weighted by Gasteiger charge is 2.15. The van der Waals surface area contributed by atoms with E-state index in [1.807, 2.05) is 0 Å². The Morgan fingerprint density at radius 2 is 1.89 bits per heavy atom. The first-order chi connectivity index (χ1) is 13.0. The highest BCUT2D eigenvalue weighted by atomic mass is 35.5. The Morgan fingerprint density at radius 3 is 2.59 bits per heavy atom. The van der Waals surface area contributed by atoms with Crippen LogP contribution in [0.3, 0.4) is 0 Å². The normalized spacial score (nSPS) is 10.5. The Balaban J connectivity index is 1.70. The number of benzene rings is 2. The average molecular weight is 408 g/mol. The highest BCUT2D eigenvalue weighted by Crippen LogP contribution is 2.31. The predicted molar refractivity (Wildman–Crippen MR) is 100 cm³/mol. The van der Waals surface area contributed by atoms with Crippen LogP contribution in [0.15, 0.2) is 40.9 Å². The Kier molecular flexibility index (Phi) is 5.83. The number of amides is 1. The number of methoxy groups -OCH3 is 2. The van der Waals surface area contributed by atoms with Gasteiger partial charge in [0.25, 0.3) is 5.91 Å². The molecule has 0 saturated heterocycles. The van der Waals surface area contributed by atoms with E-state index in [1.54, 1.807) is 44.6 Å². The van der Waals surface area contributed by atoms with Crippen LogP contribution in [0, 0.1) is 0 Å². The van der Waals surface area contributed by atoms with E-state index >= 15 is 0 Å². The number of carbonyl (C=O) groups is 1. The van der Waals surface area contributed by atoms with Gasteiger partial charge >= 0.3 is 0 Å². The van der Waals surface area contributed by atoms with Crippen molar-refractivity contribution in [3.8, 4) is 22.9 Å². The lowest BCUT2D eigenvalue weighted by Gasteiger charge is -2.07. The fourth-order valence-electron chi connectivity index (χ4n) is 2.34. The SMILES string of the molecule is COc1ccc(-c2noc(CNC(=O)c3ccc(Cl)cc3Cl)n2)cc1OC. The zero-order valence-electron chi connectivity index (χ0n) is 14.5. The molecule has 3 aromatic rings. The van der Waals surface area contributed by atoms with Crippen molar-refractivity contribution in [2.45, 2.75) is 6.54 Å². The van der Waals surface area contributed by atoms with Gasteiger partial charge in [0.2, 0.25) is 11.7 Å². The van der Waals surface area contributed by atoms with Gasteiger partial charge in [0.05, 0.1) is 31.4 Å². The van der Waals surface area contributed by atoms with Gasteiger partial charge < -0.3 is 19.3 Å². The van der Waals surface area contributed by atoms with Crippen LogP contribution in [0.2, 0.25) is 10.0 Å². The van der Waals surface area contributed by atoms with Gasteiger partial charge in [0.15, 0.2) is 11.5 Å². The number of hydrogen-bond donors (Lipinski definition) is 1. The second-order valence-electron chi connectivity index (χ2n) is 5.39. The summed E-state index contributed by atoms with van der Waals surface area (Å²) >= 11 is 11.9. The number of carbonyl (C=O) groups excluding carboxylic acids is 1. The average Bonchev–Trinajstić information content (AvgIpc) is 3.14. The van der Waals surface area contributed by atoms with Crippen molar-refractivity contribution in [2.24, 2.45) is 0 Å². The first-order valence-electron chi connectivity index (χ1n) is 7.80. The summed E-state index contributed by atoms with van der Waals surface area (Å²) in [5.74, 6) is 1.38. The molecule has 0 aliphatic carbocycles. The molecule has 1 N–H and O–H groups in total. The number of nitrogens with zero attached hydrogens (tertiary/aromatic N) is 2.